The van der Waals surface area contributed by atoms with Crippen molar-refractivity contribution in [1.29, 1.82) is 0 Å². The number of benzene rings is 1. The van der Waals surface area contributed by atoms with Crippen LogP contribution in [0.25, 0.3) is 11.4 Å². The molecule has 2 rings (SSSR count). The Labute approximate surface area is 156 Å². The van der Waals surface area contributed by atoms with Crippen LogP contribution >= 0.6 is 0 Å². The highest BCUT2D eigenvalue weighted by atomic mass is 16.2. The molecule has 1 heterocycles. The minimum absolute atomic E-state index is 0.0467. The van der Waals surface area contributed by atoms with Crippen LogP contribution < -0.4 is 5.32 Å². The number of nitrogens with one attached hydrogen (secondary N) is 2. The van der Waals surface area contributed by atoms with Crippen molar-refractivity contribution in [2.45, 2.75) is 47.5 Å². The second-order valence-electron chi connectivity index (χ2n) is 7.61. The summed E-state index contributed by atoms with van der Waals surface area (Å²) in [6.45, 7) is 12.1. The summed E-state index contributed by atoms with van der Waals surface area (Å²) in [5, 5.41) is 10.1. The van der Waals surface area contributed by atoms with Crippen LogP contribution in [-0.4, -0.2) is 39.2 Å². The predicted octanol–water partition coefficient (Wildman–Crippen LogP) is 4.71. The van der Waals surface area contributed by atoms with Crippen LogP contribution in [0.1, 0.15) is 46.4 Å². The van der Waals surface area contributed by atoms with Crippen LogP contribution in [0.4, 0.5) is 10.5 Å². The molecule has 2 N–H and O–H groups in total. The summed E-state index contributed by atoms with van der Waals surface area (Å²) in [7, 11) is 0. The third kappa shape index (κ3) is 6.17. The zero-order valence-electron chi connectivity index (χ0n) is 16.5. The largest absolute Gasteiger partial charge is 0.325 e. The summed E-state index contributed by atoms with van der Waals surface area (Å²) < 4.78 is 0. The molecule has 0 unspecified atom stereocenters. The standard InChI is InChI=1S/C20H31N5O/c1-14(2)9-11-25(12-10-15(3)4)20(26)22-18-8-6-7-17(13-18)19-21-16(5)23-24-19/h6-8,13-15H,9-12H2,1-5H3,(H,22,26)(H,21,23,24). The maximum atomic E-state index is 12.8. The van der Waals surface area contributed by atoms with Crippen molar-refractivity contribution in [3.05, 3.63) is 30.1 Å². The summed E-state index contributed by atoms with van der Waals surface area (Å²) >= 11 is 0. The molecule has 2 aromatic rings. The number of carbonyl (C=O) groups is 1. The van der Waals surface area contributed by atoms with Crippen LogP contribution in [0.5, 0.6) is 0 Å². The Balaban J connectivity index is 2.07. The van der Waals surface area contributed by atoms with E-state index in [-0.39, 0.29) is 6.03 Å². The second kappa shape index (κ2) is 9.36. The molecule has 142 valence electrons. The molecule has 0 saturated heterocycles. The fraction of sp³-hybridized carbons (Fsp3) is 0.550. The van der Waals surface area contributed by atoms with Crippen LogP contribution in [0.3, 0.4) is 0 Å². The minimum atomic E-state index is -0.0467. The van der Waals surface area contributed by atoms with E-state index in [1.165, 1.54) is 0 Å². The number of urea groups is 1. The molecule has 0 atom stereocenters. The van der Waals surface area contributed by atoms with E-state index in [0.29, 0.717) is 17.7 Å². The molecule has 0 aliphatic rings. The van der Waals surface area contributed by atoms with Gasteiger partial charge in [-0.3, -0.25) is 5.10 Å². The lowest BCUT2D eigenvalue weighted by Gasteiger charge is -2.25. The van der Waals surface area contributed by atoms with E-state index in [1.807, 2.05) is 36.1 Å². The van der Waals surface area contributed by atoms with Gasteiger partial charge in [-0.05, 0) is 43.7 Å². The van der Waals surface area contributed by atoms with Crippen LogP contribution in [0.15, 0.2) is 24.3 Å². The van der Waals surface area contributed by atoms with Crippen LogP contribution in [0, 0.1) is 18.8 Å². The van der Waals surface area contributed by atoms with Gasteiger partial charge in [0, 0.05) is 24.3 Å². The number of hydrogen-bond acceptors (Lipinski definition) is 3. The Bertz CT molecular complexity index is 696. The summed E-state index contributed by atoms with van der Waals surface area (Å²) in [4.78, 5) is 19.0. The molecule has 0 bridgehead atoms. The van der Waals surface area contributed by atoms with E-state index in [0.717, 1.165) is 43.0 Å². The van der Waals surface area contributed by atoms with Gasteiger partial charge >= 0.3 is 6.03 Å². The van der Waals surface area contributed by atoms with Crippen LogP contribution in [0.2, 0.25) is 0 Å². The van der Waals surface area contributed by atoms with Gasteiger partial charge in [0.05, 0.1) is 0 Å². The second-order valence-corrected chi connectivity index (χ2v) is 7.61. The van der Waals surface area contributed by atoms with E-state index in [2.05, 4.69) is 48.2 Å². The Morgan fingerprint density at radius 1 is 1.15 bits per heavy atom. The molecule has 26 heavy (non-hydrogen) atoms. The van der Waals surface area contributed by atoms with Gasteiger partial charge in [0.25, 0.3) is 0 Å². The third-order valence-electron chi connectivity index (χ3n) is 4.21. The third-order valence-corrected chi connectivity index (χ3v) is 4.21. The molecule has 0 spiro atoms. The average molecular weight is 358 g/mol. The molecule has 0 fully saturated rings. The first-order valence-corrected chi connectivity index (χ1v) is 9.40. The summed E-state index contributed by atoms with van der Waals surface area (Å²) in [6.07, 6.45) is 2.00. The Hall–Kier alpha value is -2.37. The summed E-state index contributed by atoms with van der Waals surface area (Å²) in [6, 6.07) is 7.60. The monoisotopic (exact) mass is 357 g/mol. The molecular formula is C20H31N5O. The van der Waals surface area contributed by atoms with E-state index in [1.54, 1.807) is 0 Å². The quantitative estimate of drug-likeness (QED) is 0.719. The molecule has 1 aromatic heterocycles. The molecule has 0 radical (unpaired) electrons. The first-order valence-electron chi connectivity index (χ1n) is 9.40. The highest BCUT2D eigenvalue weighted by Gasteiger charge is 2.15. The SMILES string of the molecule is Cc1nc(-c2cccc(NC(=O)N(CCC(C)C)CCC(C)C)c2)n[nH]1. The number of hydrogen-bond donors (Lipinski definition) is 2. The zero-order valence-corrected chi connectivity index (χ0v) is 16.5. The van der Waals surface area contributed by atoms with Crippen molar-refractivity contribution in [2.24, 2.45) is 11.8 Å². The van der Waals surface area contributed by atoms with Gasteiger partial charge in [-0.15, -0.1) is 0 Å². The minimum Gasteiger partial charge on any atom is -0.325 e. The Kier molecular flexibility index (Phi) is 7.18. The van der Waals surface area contributed by atoms with E-state index in [9.17, 15) is 4.79 Å². The molecule has 6 heteroatoms. The van der Waals surface area contributed by atoms with Gasteiger partial charge in [0.2, 0.25) is 0 Å². The van der Waals surface area contributed by atoms with Crippen molar-refractivity contribution in [3.63, 3.8) is 0 Å². The Morgan fingerprint density at radius 3 is 2.35 bits per heavy atom. The van der Waals surface area contributed by atoms with Gasteiger partial charge in [-0.1, -0.05) is 39.8 Å². The maximum absolute atomic E-state index is 12.8. The first kappa shape index (κ1) is 19.9. The van der Waals surface area contributed by atoms with E-state index < -0.39 is 0 Å². The fourth-order valence-corrected chi connectivity index (χ4v) is 2.55. The molecule has 2 amide bonds. The van der Waals surface area contributed by atoms with Crippen molar-refractivity contribution in [2.75, 3.05) is 18.4 Å². The van der Waals surface area contributed by atoms with Crippen LogP contribution in [-0.2, 0) is 0 Å². The van der Waals surface area contributed by atoms with Gasteiger partial charge in [0.15, 0.2) is 5.82 Å². The van der Waals surface area contributed by atoms with Gasteiger partial charge in [-0.25, -0.2) is 9.78 Å². The molecule has 0 saturated carbocycles. The molecule has 0 aliphatic heterocycles. The number of aromatic nitrogens is 3. The van der Waals surface area contributed by atoms with Gasteiger partial charge < -0.3 is 10.2 Å². The maximum Gasteiger partial charge on any atom is 0.321 e. The average Bonchev–Trinajstić information content (AvgIpc) is 3.01. The molecule has 1 aromatic carbocycles. The number of anilines is 1. The molecule has 6 nitrogen and oxygen atoms in total. The van der Waals surface area contributed by atoms with Crippen molar-refractivity contribution < 1.29 is 4.79 Å². The number of H-pyrrole nitrogens is 1. The van der Waals surface area contributed by atoms with Crippen molar-refractivity contribution >= 4 is 11.7 Å². The summed E-state index contributed by atoms with van der Waals surface area (Å²) in [5.74, 6) is 2.54. The highest BCUT2D eigenvalue weighted by molar-refractivity contribution is 5.90. The number of aryl methyl sites for hydroxylation is 1. The van der Waals surface area contributed by atoms with Gasteiger partial charge in [0.1, 0.15) is 5.82 Å². The lowest BCUT2D eigenvalue weighted by atomic mass is 10.1. The Morgan fingerprint density at radius 2 is 1.81 bits per heavy atom. The normalized spacial score (nSPS) is 11.2. The smallest absolute Gasteiger partial charge is 0.321 e. The predicted molar refractivity (Wildman–Crippen MR) is 106 cm³/mol. The summed E-state index contributed by atoms with van der Waals surface area (Å²) in [5.41, 5.74) is 1.64. The van der Waals surface area contributed by atoms with Gasteiger partial charge in [-0.2, -0.15) is 5.10 Å². The number of amides is 2. The highest BCUT2D eigenvalue weighted by Crippen LogP contribution is 2.20. The number of aromatic amines is 1. The van der Waals surface area contributed by atoms with E-state index >= 15 is 0 Å². The first-order chi connectivity index (χ1) is 12.3. The molecule has 0 aliphatic carbocycles. The lowest BCUT2D eigenvalue weighted by Crippen LogP contribution is -2.37. The number of nitrogens with zero attached hydrogens (tertiary/aromatic N) is 3. The number of carbonyl (C=O) groups excluding carboxylic acids is 1. The number of rotatable bonds is 8. The van der Waals surface area contributed by atoms with E-state index in [4.69, 9.17) is 0 Å². The van der Waals surface area contributed by atoms with Crippen molar-refractivity contribution in [1.82, 2.24) is 20.1 Å². The van der Waals surface area contributed by atoms with Crippen molar-refractivity contribution in [3.8, 4) is 11.4 Å². The lowest BCUT2D eigenvalue weighted by molar-refractivity contribution is 0.205. The topological polar surface area (TPSA) is 73.9 Å². The molecular weight excluding hydrogens is 326 g/mol. The fourth-order valence-electron chi connectivity index (χ4n) is 2.55. The zero-order chi connectivity index (χ0) is 19.1.